The van der Waals surface area contributed by atoms with Gasteiger partial charge in [0, 0.05) is 36.8 Å². The van der Waals surface area contributed by atoms with Crippen molar-refractivity contribution in [3.05, 3.63) is 54.3 Å². The van der Waals surface area contributed by atoms with Gasteiger partial charge in [0.2, 0.25) is 5.91 Å². The maximum absolute atomic E-state index is 12.9. The Labute approximate surface area is 173 Å². The van der Waals surface area contributed by atoms with Gasteiger partial charge in [-0.2, -0.15) is 5.10 Å². The number of hydrogen-bond donors (Lipinski definition) is 0. The van der Waals surface area contributed by atoms with Crippen LogP contribution in [0.5, 0.6) is 0 Å². The van der Waals surface area contributed by atoms with Crippen molar-refractivity contribution < 1.29 is 14.4 Å². The van der Waals surface area contributed by atoms with Crippen LogP contribution >= 0.6 is 0 Å². The number of fused-ring (bicyclic) bond motifs is 1. The molecule has 30 heavy (non-hydrogen) atoms. The van der Waals surface area contributed by atoms with Gasteiger partial charge in [-0.3, -0.25) is 14.3 Å². The summed E-state index contributed by atoms with van der Waals surface area (Å²) in [5.74, 6) is 0.277. The van der Waals surface area contributed by atoms with E-state index in [9.17, 15) is 14.4 Å². The Hall–Kier alpha value is -3.68. The number of aromatic nitrogens is 4. The Morgan fingerprint density at radius 1 is 1.17 bits per heavy atom. The summed E-state index contributed by atoms with van der Waals surface area (Å²) in [5.41, 5.74) is 2.67. The van der Waals surface area contributed by atoms with Gasteiger partial charge < -0.3 is 9.69 Å². The lowest BCUT2D eigenvalue weighted by Gasteiger charge is -2.29. The Morgan fingerprint density at radius 2 is 1.93 bits per heavy atom. The van der Waals surface area contributed by atoms with Gasteiger partial charge in [0.15, 0.2) is 5.78 Å². The van der Waals surface area contributed by atoms with Crippen LogP contribution in [0.2, 0.25) is 0 Å². The third kappa shape index (κ3) is 3.63. The van der Waals surface area contributed by atoms with Gasteiger partial charge in [0.05, 0.1) is 11.6 Å². The first kappa shape index (κ1) is 19.6. The third-order valence-electron chi connectivity index (χ3n) is 5.21. The fourth-order valence-corrected chi connectivity index (χ4v) is 3.60. The Bertz CT molecular complexity index is 1160. The highest BCUT2D eigenvalue weighted by Gasteiger charge is 2.25. The predicted molar refractivity (Wildman–Crippen MR) is 111 cm³/mol. The number of ketones is 1. The van der Waals surface area contributed by atoms with Crippen molar-refractivity contribution in [2.24, 2.45) is 0 Å². The van der Waals surface area contributed by atoms with Gasteiger partial charge in [-0.25, -0.2) is 9.97 Å². The molecule has 1 aromatic carbocycles. The van der Waals surface area contributed by atoms with E-state index >= 15 is 0 Å². The van der Waals surface area contributed by atoms with Crippen LogP contribution in [0, 0.1) is 6.92 Å². The average Bonchev–Trinajstić information content (AvgIpc) is 3.12. The molecule has 1 aliphatic heterocycles. The van der Waals surface area contributed by atoms with Crippen LogP contribution in [0.4, 0.5) is 0 Å². The Kier molecular flexibility index (Phi) is 5.22. The molecule has 0 radical (unpaired) electrons. The van der Waals surface area contributed by atoms with Crippen molar-refractivity contribution in [1.29, 1.82) is 0 Å². The number of aryl methyl sites for hydroxylation is 1. The fourth-order valence-electron chi connectivity index (χ4n) is 3.60. The normalized spacial score (nSPS) is 16.1. The van der Waals surface area contributed by atoms with E-state index in [-0.39, 0.29) is 18.2 Å². The van der Waals surface area contributed by atoms with Crippen LogP contribution in [-0.2, 0) is 16.1 Å². The number of Topliss-reactive ketones (excluding diaryl/α,β-unsaturated/α-hetero) is 1. The zero-order valence-corrected chi connectivity index (χ0v) is 16.8. The summed E-state index contributed by atoms with van der Waals surface area (Å²) in [7, 11) is 0. The number of nitrogens with zero attached hydrogens (tertiary/aromatic N) is 5. The highest BCUT2D eigenvalue weighted by Crippen LogP contribution is 2.27. The van der Waals surface area contributed by atoms with Crippen molar-refractivity contribution in [3.8, 4) is 11.1 Å². The second-order valence-electron chi connectivity index (χ2n) is 7.27. The lowest BCUT2D eigenvalue weighted by molar-refractivity contribution is -0.136. The number of rotatable bonds is 5. The van der Waals surface area contributed by atoms with Crippen LogP contribution in [0.25, 0.3) is 22.0 Å². The largest absolute Gasteiger partial charge is 0.327 e. The Balaban J connectivity index is 1.71. The first-order chi connectivity index (χ1) is 14.5. The number of benzene rings is 1. The van der Waals surface area contributed by atoms with Crippen LogP contribution in [0.3, 0.4) is 0 Å². The van der Waals surface area contributed by atoms with Gasteiger partial charge in [0.1, 0.15) is 24.3 Å². The van der Waals surface area contributed by atoms with E-state index in [1.807, 2.05) is 37.3 Å². The van der Waals surface area contributed by atoms with Crippen molar-refractivity contribution in [1.82, 2.24) is 24.6 Å². The summed E-state index contributed by atoms with van der Waals surface area (Å²) in [5, 5.41) is 5.07. The smallest absolute Gasteiger partial charge is 0.245 e. The second-order valence-corrected chi connectivity index (χ2v) is 7.27. The first-order valence-electron chi connectivity index (χ1n) is 9.68. The molecule has 1 atom stereocenters. The third-order valence-corrected chi connectivity index (χ3v) is 5.21. The summed E-state index contributed by atoms with van der Waals surface area (Å²) in [6, 6.07) is 5.13. The molecule has 1 unspecified atom stereocenters. The first-order valence-corrected chi connectivity index (χ1v) is 9.68. The molecule has 0 saturated carbocycles. The van der Waals surface area contributed by atoms with Crippen molar-refractivity contribution in [2.75, 3.05) is 6.54 Å². The van der Waals surface area contributed by atoms with Crippen LogP contribution < -0.4 is 0 Å². The minimum Gasteiger partial charge on any atom is -0.327 e. The average molecular weight is 403 g/mol. The van der Waals surface area contributed by atoms with E-state index in [1.54, 1.807) is 12.4 Å². The van der Waals surface area contributed by atoms with E-state index in [0.717, 1.165) is 17.4 Å². The standard InChI is InChI=1S/C22H21N5O3/c1-14(29)22-19-9-16(17-10-23-15(2)24-11-17)6-7-20(19)27(25-22)12-21(30)26-8-4-3-5-18(26)13-28/h3-4,6-7,9-11,13,18H,5,8,12H2,1-2H3. The maximum Gasteiger partial charge on any atom is 0.245 e. The molecule has 2 aromatic heterocycles. The minimum absolute atomic E-state index is 0.0467. The number of carbonyl (C=O) groups is 3. The topological polar surface area (TPSA) is 98.1 Å². The zero-order valence-electron chi connectivity index (χ0n) is 16.8. The molecule has 0 aliphatic carbocycles. The summed E-state index contributed by atoms with van der Waals surface area (Å²) in [6.07, 6.45) is 8.53. The van der Waals surface area contributed by atoms with Gasteiger partial charge in [0.25, 0.3) is 0 Å². The van der Waals surface area contributed by atoms with E-state index in [1.165, 1.54) is 16.5 Å². The fraction of sp³-hybridized carbons (Fsp3) is 0.273. The quantitative estimate of drug-likeness (QED) is 0.368. The maximum atomic E-state index is 12.9. The highest BCUT2D eigenvalue weighted by molar-refractivity contribution is 6.06. The molecular weight excluding hydrogens is 382 g/mol. The molecule has 3 aromatic rings. The second kappa shape index (κ2) is 7.98. The number of aldehydes is 1. The van der Waals surface area contributed by atoms with E-state index < -0.39 is 6.04 Å². The summed E-state index contributed by atoms with van der Waals surface area (Å²) < 4.78 is 1.53. The Morgan fingerprint density at radius 3 is 2.63 bits per heavy atom. The van der Waals surface area contributed by atoms with Gasteiger partial charge in [-0.05, 0) is 31.0 Å². The van der Waals surface area contributed by atoms with E-state index in [0.29, 0.717) is 35.4 Å². The molecule has 0 saturated heterocycles. The summed E-state index contributed by atoms with van der Waals surface area (Å²) >= 11 is 0. The minimum atomic E-state index is -0.468. The summed E-state index contributed by atoms with van der Waals surface area (Å²) in [6.45, 7) is 3.61. The van der Waals surface area contributed by atoms with Crippen LogP contribution in [0.15, 0.2) is 42.7 Å². The summed E-state index contributed by atoms with van der Waals surface area (Å²) in [4.78, 5) is 46.3. The number of amides is 1. The van der Waals surface area contributed by atoms with Crippen LogP contribution in [-0.4, -0.2) is 55.2 Å². The molecule has 0 bridgehead atoms. The lowest BCUT2D eigenvalue weighted by Crippen LogP contribution is -2.44. The van der Waals surface area contributed by atoms with Gasteiger partial charge in [-0.15, -0.1) is 0 Å². The molecule has 8 heteroatoms. The van der Waals surface area contributed by atoms with Gasteiger partial charge >= 0.3 is 0 Å². The highest BCUT2D eigenvalue weighted by atomic mass is 16.2. The SMILES string of the molecule is CC(=O)c1nn(CC(=O)N2CC=CCC2C=O)c2ccc(-c3cnc(C)nc3)cc12. The zero-order chi connectivity index (χ0) is 21.3. The number of carbonyl (C=O) groups excluding carboxylic acids is 3. The van der Waals surface area contributed by atoms with Crippen molar-refractivity contribution >= 4 is 28.9 Å². The molecule has 8 nitrogen and oxygen atoms in total. The molecule has 4 rings (SSSR count). The molecule has 0 spiro atoms. The van der Waals surface area contributed by atoms with E-state index in [2.05, 4.69) is 15.1 Å². The van der Waals surface area contributed by atoms with E-state index in [4.69, 9.17) is 0 Å². The predicted octanol–water partition coefficient (Wildman–Crippen LogP) is 2.36. The molecule has 152 valence electrons. The van der Waals surface area contributed by atoms with Gasteiger partial charge in [-0.1, -0.05) is 18.2 Å². The molecule has 3 heterocycles. The number of hydrogen-bond acceptors (Lipinski definition) is 6. The molecule has 1 amide bonds. The van der Waals surface area contributed by atoms with Crippen LogP contribution in [0.1, 0.15) is 29.7 Å². The van der Waals surface area contributed by atoms with Crippen molar-refractivity contribution in [3.63, 3.8) is 0 Å². The monoisotopic (exact) mass is 403 g/mol. The molecular formula is C22H21N5O3. The van der Waals surface area contributed by atoms with Crippen molar-refractivity contribution in [2.45, 2.75) is 32.9 Å². The lowest BCUT2D eigenvalue weighted by atomic mass is 10.0. The molecule has 0 fully saturated rings. The molecule has 0 N–H and O–H groups in total. The molecule has 1 aliphatic rings.